The summed E-state index contributed by atoms with van der Waals surface area (Å²) in [5, 5.41) is 14.1. The maximum Gasteiger partial charge on any atom is 0.311 e. The molecular formula is C13H20N2O5S. The predicted molar refractivity (Wildman–Crippen MR) is 80.3 cm³/mol. The van der Waals surface area contributed by atoms with Gasteiger partial charge in [0.25, 0.3) is 0 Å². The number of nitrogens with one attached hydrogen (secondary N) is 1. The molecule has 0 radical (unpaired) electrons. The molecule has 0 saturated heterocycles. The minimum Gasteiger partial charge on any atom is -0.486 e. The molecule has 0 aliphatic carbocycles. The summed E-state index contributed by atoms with van der Waals surface area (Å²) in [7, 11) is -3.15. The lowest BCUT2D eigenvalue weighted by molar-refractivity contribution is -0.385. The number of nitro groups is 1. The van der Waals surface area contributed by atoms with Gasteiger partial charge in [-0.3, -0.25) is 10.1 Å². The fourth-order valence-corrected chi connectivity index (χ4v) is 2.26. The number of benzene rings is 1. The summed E-state index contributed by atoms with van der Waals surface area (Å²) in [6, 6.07) is 4.66. The van der Waals surface area contributed by atoms with E-state index in [1.165, 1.54) is 12.1 Å². The van der Waals surface area contributed by atoms with Crippen molar-refractivity contribution >= 4 is 15.5 Å². The molecule has 0 aliphatic rings. The number of hydrogen-bond donors (Lipinski definition) is 1. The smallest absolute Gasteiger partial charge is 0.311 e. The SMILES string of the molecule is CCNCc1ccc(OCCS(=O)(=O)CC)c([N+](=O)[O-])c1. The van der Waals surface area contributed by atoms with Crippen LogP contribution in [0.2, 0.25) is 0 Å². The Balaban J connectivity index is 2.79. The lowest BCUT2D eigenvalue weighted by Gasteiger charge is -2.08. The molecule has 0 aliphatic heterocycles. The van der Waals surface area contributed by atoms with Crippen molar-refractivity contribution in [3.05, 3.63) is 33.9 Å². The molecular weight excluding hydrogens is 296 g/mol. The highest BCUT2D eigenvalue weighted by Gasteiger charge is 2.17. The number of hydrogen-bond acceptors (Lipinski definition) is 6. The first-order valence-corrected chi connectivity index (χ1v) is 8.53. The maximum atomic E-state index is 11.4. The molecule has 0 aromatic heterocycles. The van der Waals surface area contributed by atoms with Crippen molar-refractivity contribution in [3.63, 3.8) is 0 Å². The molecule has 7 nitrogen and oxygen atoms in total. The molecule has 0 atom stereocenters. The van der Waals surface area contributed by atoms with Crippen LogP contribution in [-0.4, -0.2) is 38.0 Å². The van der Waals surface area contributed by atoms with E-state index in [1.807, 2.05) is 6.92 Å². The van der Waals surface area contributed by atoms with Crippen LogP contribution in [-0.2, 0) is 16.4 Å². The molecule has 0 heterocycles. The van der Waals surface area contributed by atoms with E-state index in [4.69, 9.17) is 4.74 Å². The van der Waals surface area contributed by atoms with Crippen molar-refractivity contribution in [2.45, 2.75) is 20.4 Å². The number of rotatable bonds is 9. The zero-order valence-corrected chi connectivity index (χ0v) is 13.0. The Morgan fingerprint density at radius 1 is 1.33 bits per heavy atom. The monoisotopic (exact) mass is 316 g/mol. The second-order valence-corrected chi connectivity index (χ2v) is 6.90. The zero-order chi connectivity index (χ0) is 15.9. The van der Waals surface area contributed by atoms with Crippen LogP contribution in [0.15, 0.2) is 18.2 Å². The van der Waals surface area contributed by atoms with Gasteiger partial charge in [-0.2, -0.15) is 0 Å². The van der Waals surface area contributed by atoms with E-state index >= 15 is 0 Å². The number of nitro benzene ring substituents is 1. The van der Waals surface area contributed by atoms with Crippen LogP contribution in [0.1, 0.15) is 19.4 Å². The van der Waals surface area contributed by atoms with Crippen molar-refractivity contribution in [2.75, 3.05) is 24.7 Å². The average Bonchev–Trinajstić information content (AvgIpc) is 2.45. The van der Waals surface area contributed by atoms with Crippen LogP contribution in [0.4, 0.5) is 5.69 Å². The fraction of sp³-hybridized carbons (Fsp3) is 0.538. The Labute approximate surface area is 124 Å². The highest BCUT2D eigenvalue weighted by atomic mass is 32.2. The van der Waals surface area contributed by atoms with Crippen molar-refractivity contribution < 1.29 is 18.1 Å². The van der Waals surface area contributed by atoms with Gasteiger partial charge in [0.15, 0.2) is 15.6 Å². The number of nitrogens with zero attached hydrogens (tertiary/aromatic N) is 1. The molecule has 1 rings (SSSR count). The van der Waals surface area contributed by atoms with Crippen molar-refractivity contribution in [3.8, 4) is 5.75 Å². The normalized spacial score (nSPS) is 11.3. The van der Waals surface area contributed by atoms with Crippen LogP contribution in [0.25, 0.3) is 0 Å². The molecule has 0 unspecified atom stereocenters. The summed E-state index contributed by atoms with van der Waals surface area (Å²) < 4.78 is 28.0. The maximum absolute atomic E-state index is 11.4. The summed E-state index contributed by atoms with van der Waals surface area (Å²) in [4.78, 5) is 10.5. The molecule has 0 saturated carbocycles. The van der Waals surface area contributed by atoms with Gasteiger partial charge in [-0.05, 0) is 18.2 Å². The van der Waals surface area contributed by atoms with E-state index in [0.29, 0.717) is 6.54 Å². The molecule has 1 aromatic rings. The summed E-state index contributed by atoms with van der Waals surface area (Å²) in [6.07, 6.45) is 0. The van der Waals surface area contributed by atoms with E-state index in [1.54, 1.807) is 13.0 Å². The first-order valence-electron chi connectivity index (χ1n) is 6.71. The highest BCUT2D eigenvalue weighted by Crippen LogP contribution is 2.28. The largest absolute Gasteiger partial charge is 0.486 e. The minimum atomic E-state index is -3.15. The summed E-state index contributed by atoms with van der Waals surface area (Å²) >= 11 is 0. The van der Waals surface area contributed by atoms with Gasteiger partial charge in [-0.25, -0.2) is 8.42 Å². The summed E-state index contributed by atoms with van der Waals surface area (Å²) in [5.74, 6) is -0.0357. The Morgan fingerprint density at radius 3 is 2.62 bits per heavy atom. The molecule has 0 spiro atoms. The van der Waals surface area contributed by atoms with Gasteiger partial charge in [0.05, 0.1) is 10.7 Å². The molecule has 0 bridgehead atoms. The van der Waals surface area contributed by atoms with E-state index in [-0.39, 0.29) is 29.5 Å². The van der Waals surface area contributed by atoms with E-state index < -0.39 is 14.8 Å². The quantitative estimate of drug-likeness (QED) is 0.548. The van der Waals surface area contributed by atoms with Crippen LogP contribution < -0.4 is 10.1 Å². The third-order valence-corrected chi connectivity index (χ3v) is 4.56. The zero-order valence-electron chi connectivity index (χ0n) is 12.2. The van der Waals surface area contributed by atoms with Crippen LogP contribution >= 0.6 is 0 Å². The third kappa shape index (κ3) is 5.68. The van der Waals surface area contributed by atoms with Gasteiger partial charge >= 0.3 is 5.69 Å². The standard InChI is InChI=1S/C13H20N2O5S/c1-3-14-10-11-5-6-13(12(9-11)15(16)17)20-7-8-21(18,19)4-2/h5-6,9,14H,3-4,7-8,10H2,1-2H3. The van der Waals surface area contributed by atoms with Crippen molar-refractivity contribution in [2.24, 2.45) is 0 Å². The predicted octanol–water partition coefficient (Wildman–Crippen LogP) is 1.52. The lowest BCUT2D eigenvalue weighted by atomic mass is 10.2. The van der Waals surface area contributed by atoms with Crippen molar-refractivity contribution in [1.29, 1.82) is 0 Å². The molecule has 0 fully saturated rings. The molecule has 8 heteroatoms. The molecule has 1 aromatic carbocycles. The second kappa shape index (κ2) is 7.94. The number of sulfone groups is 1. The Hall–Kier alpha value is -1.67. The summed E-state index contributed by atoms with van der Waals surface area (Å²) in [5.41, 5.74) is 0.622. The van der Waals surface area contributed by atoms with Crippen LogP contribution in [0.5, 0.6) is 5.75 Å². The Bertz CT molecular complexity index is 586. The lowest BCUT2D eigenvalue weighted by Crippen LogP contribution is -2.16. The van der Waals surface area contributed by atoms with Crippen LogP contribution in [0, 0.1) is 10.1 Å². The number of ether oxygens (including phenoxy) is 1. The molecule has 21 heavy (non-hydrogen) atoms. The minimum absolute atomic E-state index is 0.0279. The topological polar surface area (TPSA) is 98.5 Å². The van der Waals surface area contributed by atoms with Gasteiger partial charge in [-0.1, -0.05) is 19.9 Å². The van der Waals surface area contributed by atoms with E-state index in [2.05, 4.69) is 5.32 Å². The molecule has 1 N–H and O–H groups in total. The van der Waals surface area contributed by atoms with Crippen LogP contribution in [0.3, 0.4) is 0 Å². The van der Waals surface area contributed by atoms with Gasteiger partial charge in [0, 0.05) is 18.4 Å². The average molecular weight is 316 g/mol. The fourth-order valence-electron chi connectivity index (χ4n) is 1.63. The van der Waals surface area contributed by atoms with Crippen molar-refractivity contribution in [1.82, 2.24) is 5.32 Å². The van der Waals surface area contributed by atoms with Gasteiger partial charge in [0.2, 0.25) is 0 Å². The Morgan fingerprint density at radius 2 is 2.05 bits per heavy atom. The van der Waals surface area contributed by atoms with Gasteiger partial charge < -0.3 is 10.1 Å². The molecule has 0 amide bonds. The first-order chi connectivity index (χ1) is 9.89. The first kappa shape index (κ1) is 17.4. The summed E-state index contributed by atoms with van der Waals surface area (Å²) in [6.45, 7) is 4.69. The van der Waals surface area contributed by atoms with Gasteiger partial charge in [-0.15, -0.1) is 0 Å². The highest BCUT2D eigenvalue weighted by molar-refractivity contribution is 7.91. The van der Waals surface area contributed by atoms with E-state index in [0.717, 1.165) is 12.1 Å². The van der Waals surface area contributed by atoms with Gasteiger partial charge in [0.1, 0.15) is 6.61 Å². The Kier molecular flexibility index (Phi) is 6.57. The molecule has 118 valence electrons. The second-order valence-electron chi connectivity index (χ2n) is 4.42. The third-order valence-electron chi connectivity index (χ3n) is 2.89. The van der Waals surface area contributed by atoms with E-state index in [9.17, 15) is 18.5 Å².